The van der Waals surface area contributed by atoms with Crippen molar-refractivity contribution in [2.24, 2.45) is 0 Å². The second kappa shape index (κ2) is 10.2. The summed E-state index contributed by atoms with van der Waals surface area (Å²) in [5.74, 6) is 0.856. The quantitative estimate of drug-likeness (QED) is 0.707. The molecule has 0 bridgehead atoms. The fourth-order valence-electron chi connectivity index (χ4n) is 2.97. The lowest BCUT2D eigenvalue weighted by Gasteiger charge is -2.18. The standard InChI is InChI=1S/C21H27ClN2O2/c1-16(9-10-17-7-5-4-6-8-17)23-21(25)15-24(2)14-18-13-19(22)11-12-20(18)26-3/h4-8,11-13,16H,9-10,14-15H2,1-3H3,(H,23,25)/p+1/t16-/m1/s1. The fourth-order valence-corrected chi connectivity index (χ4v) is 3.17. The number of rotatable bonds is 9. The predicted molar refractivity (Wildman–Crippen MR) is 106 cm³/mol. The maximum Gasteiger partial charge on any atom is 0.275 e. The molecular weight excluding hydrogens is 348 g/mol. The third-order valence-corrected chi connectivity index (χ3v) is 4.55. The highest BCUT2D eigenvalue weighted by atomic mass is 35.5. The van der Waals surface area contributed by atoms with Crippen molar-refractivity contribution in [2.45, 2.75) is 32.4 Å². The van der Waals surface area contributed by atoms with Crippen LogP contribution in [0.15, 0.2) is 48.5 Å². The molecule has 0 heterocycles. The van der Waals surface area contributed by atoms with E-state index in [0.717, 1.165) is 29.1 Å². The molecule has 1 unspecified atom stereocenters. The molecule has 1 amide bonds. The number of methoxy groups -OCH3 is 1. The van der Waals surface area contributed by atoms with E-state index >= 15 is 0 Å². The Morgan fingerprint density at radius 1 is 1.23 bits per heavy atom. The van der Waals surface area contributed by atoms with Gasteiger partial charge in [0.15, 0.2) is 6.54 Å². The number of hydrogen-bond acceptors (Lipinski definition) is 2. The highest BCUT2D eigenvalue weighted by Gasteiger charge is 2.15. The Labute approximate surface area is 161 Å². The SMILES string of the molecule is COc1ccc(Cl)cc1C[NH+](C)CC(=O)N[C@H](C)CCc1ccccc1. The van der Waals surface area contributed by atoms with Gasteiger partial charge in [0.2, 0.25) is 0 Å². The van der Waals surface area contributed by atoms with Crippen molar-refractivity contribution in [3.05, 3.63) is 64.7 Å². The third-order valence-electron chi connectivity index (χ3n) is 4.31. The Hall–Kier alpha value is -2.04. The van der Waals surface area contributed by atoms with Crippen molar-refractivity contribution in [1.82, 2.24) is 5.32 Å². The van der Waals surface area contributed by atoms with Gasteiger partial charge in [0.05, 0.1) is 14.2 Å². The second-order valence-corrected chi connectivity index (χ2v) is 7.20. The van der Waals surface area contributed by atoms with Crippen LogP contribution in [-0.4, -0.2) is 32.7 Å². The van der Waals surface area contributed by atoms with Crippen molar-refractivity contribution >= 4 is 17.5 Å². The lowest BCUT2D eigenvalue weighted by molar-refractivity contribution is -0.885. The van der Waals surface area contributed by atoms with Crippen LogP contribution >= 0.6 is 11.6 Å². The Bertz CT molecular complexity index is 706. The van der Waals surface area contributed by atoms with Gasteiger partial charge in [-0.15, -0.1) is 0 Å². The Morgan fingerprint density at radius 2 is 1.96 bits per heavy atom. The van der Waals surface area contributed by atoms with Gasteiger partial charge in [-0.3, -0.25) is 4.79 Å². The molecule has 2 atom stereocenters. The molecule has 5 heteroatoms. The van der Waals surface area contributed by atoms with E-state index in [0.29, 0.717) is 18.1 Å². The van der Waals surface area contributed by atoms with E-state index in [2.05, 4.69) is 24.4 Å². The number of benzene rings is 2. The number of carbonyl (C=O) groups is 1. The maximum absolute atomic E-state index is 12.3. The van der Waals surface area contributed by atoms with Gasteiger partial charge >= 0.3 is 0 Å². The smallest absolute Gasteiger partial charge is 0.275 e. The number of hydrogen-bond donors (Lipinski definition) is 2. The third kappa shape index (κ3) is 6.70. The summed E-state index contributed by atoms with van der Waals surface area (Å²) in [4.78, 5) is 13.4. The van der Waals surface area contributed by atoms with E-state index in [4.69, 9.17) is 16.3 Å². The maximum atomic E-state index is 12.3. The molecule has 26 heavy (non-hydrogen) atoms. The highest BCUT2D eigenvalue weighted by molar-refractivity contribution is 6.30. The number of amides is 1. The second-order valence-electron chi connectivity index (χ2n) is 6.76. The average molecular weight is 376 g/mol. The molecule has 2 rings (SSSR count). The summed E-state index contributed by atoms with van der Waals surface area (Å²) in [6.07, 6.45) is 1.89. The first-order chi connectivity index (χ1) is 12.5. The number of likely N-dealkylation sites (N-methyl/N-ethyl adjacent to an activating group) is 1. The van der Waals surface area contributed by atoms with E-state index < -0.39 is 0 Å². The molecule has 2 aromatic carbocycles. The molecule has 2 N–H and O–H groups in total. The van der Waals surface area contributed by atoms with Gasteiger partial charge in [0.25, 0.3) is 5.91 Å². The topological polar surface area (TPSA) is 42.8 Å². The summed E-state index contributed by atoms with van der Waals surface area (Å²) in [6.45, 7) is 3.14. The van der Waals surface area contributed by atoms with Gasteiger partial charge in [-0.2, -0.15) is 0 Å². The summed E-state index contributed by atoms with van der Waals surface area (Å²) < 4.78 is 5.37. The summed E-state index contributed by atoms with van der Waals surface area (Å²) in [7, 11) is 3.64. The minimum absolute atomic E-state index is 0.0593. The van der Waals surface area contributed by atoms with Crippen molar-refractivity contribution in [1.29, 1.82) is 0 Å². The summed E-state index contributed by atoms with van der Waals surface area (Å²) in [5, 5.41) is 3.76. The number of carbonyl (C=O) groups excluding carboxylic acids is 1. The van der Waals surface area contributed by atoms with Crippen molar-refractivity contribution in [3.63, 3.8) is 0 Å². The van der Waals surface area contributed by atoms with Gasteiger partial charge < -0.3 is 15.0 Å². The lowest BCUT2D eigenvalue weighted by Crippen LogP contribution is -3.09. The molecule has 0 fully saturated rings. The zero-order chi connectivity index (χ0) is 18.9. The number of nitrogens with one attached hydrogen (secondary N) is 2. The van der Waals surface area contributed by atoms with Crippen LogP contribution in [0.1, 0.15) is 24.5 Å². The van der Waals surface area contributed by atoms with Gasteiger partial charge in [0.1, 0.15) is 12.3 Å². The number of ether oxygens (including phenoxy) is 1. The average Bonchev–Trinajstić information content (AvgIpc) is 2.61. The number of quaternary nitrogens is 1. The van der Waals surface area contributed by atoms with Gasteiger partial charge in [-0.25, -0.2) is 0 Å². The van der Waals surface area contributed by atoms with E-state index in [1.165, 1.54) is 5.56 Å². The van der Waals surface area contributed by atoms with Crippen LogP contribution in [0.5, 0.6) is 5.75 Å². The molecule has 0 saturated carbocycles. The monoisotopic (exact) mass is 375 g/mol. The molecule has 0 saturated heterocycles. The summed E-state index contributed by atoms with van der Waals surface area (Å²) in [5.41, 5.74) is 2.30. The number of halogens is 1. The Kier molecular flexibility index (Phi) is 7.95. The van der Waals surface area contributed by atoms with E-state index in [9.17, 15) is 4.79 Å². The van der Waals surface area contributed by atoms with E-state index in [1.807, 2.05) is 37.4 Å². The lowest BCUT2D eigenvalue weighted by atomic mass is 10.1. The molecule has 0 aliphatic rings. The molecule has 0 aliphatic carbocycles. The Balaban J connectivity index is 1.78. The van der Waals surface area contributed by atoms with Crippen LogP contribution in [0.2, 0.25) is 5.02 Å². The van der Waals surface area contributed by atoms with E-state index in [-0.39, 0.29) is 11.9 Å². The summed E-state index contributed by atoms with van der Waals surface area (Å²) >= 11 is 6.07. The van der Waals surface area contributed by atoms with Crippen molar-refractivity contribution in [2.75, 3.05) is 20.7 Å². The molecule has 0 aliphatic heterocycles. The van der Waals surface area contributed by atoms with E-state index in [1.54, 1.807) is 13.2 Å². The first kappa shape index (κ1) is 20.3. The van der Waals surface area contributed by atoms with Gasteiger partial charge in [0, 0.05) is 16.6 Å². The van der Waals surface area contributed by atoms with Crippen LogP contribution in [-0.2, 0) is 17.8 Å². The zero-order valence-corrected chi connectivity index (χ0v) is 16.5. The molecule has 140 valence electrons. The van der Waals surface area contributed by atoms with Crippen molar-refractivity contribution in [3.8, 4) is 5.75 Å². The largest absolute Gasteiger partial charge is 0.496 e. The Morgan fingerprint density at radius 3 is 2.65 bits per heavy atom. The van der Waals surface area contributed by atoms with Crippen molar-refractivity contribution < 1.29 is 14.4 Å². The van der Waals surface area contributed by atoms with Crippen LogP contribution in [0, 0.1) is 0 Å². The molecular formula is C21H28ClN2O2+. The van der Waals surface area contributed by atoms with Gasteiger partial charge in [-0.1, -0.05) is 41.9 Å². The first-order valence-corrected chi connectivity index (χ1v) is 9.32. The molecule has 0 radical (unpaired) electrons. The highest BCUT2D eigenvalue weighted by Crippen LogP contribution is 2.21. The first-order valence-electron chi connectivity index (χ1n) is 8.95. The molecule has 4 nitrogen and oxygen atoms in total. The van der Waals surface area contributed by atoms with Crippen LogP contribution in [0.4, 0.5) is 0 Å². The summed E-state index contributed by atoms with van der Waals surface area (Å²) in [6, 6.07) is 16.0. The molecule has 2 aromatic rings. The minimum Gasteiger partial charge on any atom is -0.496 e. The van der Waals surface area contributed by atoms with Crippen LogP contribution < -0.4 is 15.0 Å². The molecule has 0 aromatic heterocycles. The van der Waals surface area contributed by atoms with Crippen LogP contribution in [0.3, 0.4) is 0 Å². The van der Waals surface area contributed by atoms with Gasteiger partial charge in [-0.05, 0) is 43.5 Å². The predicted octanol–water partition coefficient (Wildman–Crippen LogP) is 2.50. The normalized spacial score (nSPS) is 13.1. The minimum atomic E-state index is 0.0593. The fraction of sp³-hybridized carbons (Fsp3) is 0.381. The zero-order valence-electron chi connectivity index (χ0n) is 15.7. The molecule has 0 spiro atoms. The number of aryl methyl sites for hydroxylation is 1. The van der Waals surface area contributed by atoms with Crippen LogP contribution in [0.25, 0.3) is 0 Å².